The van der Waals surface area contributed by atoms with E-state index in [1.54, 1.807) is 36.4 Å². The lowest BCUT2D eigenvalue weighted by molar-refractivity contribution is 0.0733. The maximum Gasteiger partial charge on any atom is 0.343 e. The van der Waals surface area contributed by atoms with Gasteiger partial charge in [0.25, 0.3) is 5.91 Å². The number of benzene rings is 4. The third kappa shape index (κ3) is 6.53. The largest absolute Gasteiger partial charge is 0.494 e. The lowest BCUT2D eigenvalue weighted by Crippen LogP contribution is -2.19. The van der Waals surface area contributed by atoms with Gasteiger partial charge in [-0.05, 0) is 83.0 Å². The Labute approximate surface area is 257 Å². The minimum Gasteiger partial charge on any atom is -0.494 e. The van der Waals surface area contributed by atoms with Crippen molar-refractivity contribution in [3.8, 4) is 22.6 Å². The average Bonchev–Trinajstić information content (AvgIpc) is 3.34. The fourth-order valence-electron chi connectivity index (χ4n) is 4.24. The summed E-state index contributed by atoms with van der Waals surface area (Å²) < 4.78 is 12.6. The lowest BCUT2D eigenvalue weighted by atomic mass is 10.0. The molecule has 0 saturated heterocycles. The Balaban J connectivity index is 1.44. The molecule has 0 atom stereocenters. The molecule has 0 unspecified atom stereocenters. The number of hydrazone groups is 1. The number of rotatable bonds is 8. The molecule has 1 amide bonds. The highest BCUT2D eigenvalue weighted by molar-refractivity contribution is 9.11. The third-order valence-electron chi connectivity index (χ3n) is 6.05. The van der Waals surface area contributed by atoms with Crippen LogP contribution >= 0.6 is 43.5 Å². The van der Waals surface area contributed by atoms with Crippen molar-refractivity contribution in [1.82, 2.24) is 10.4 Å². The van der Waals surface area contributed by atoms with Gasteiger partial charge in [0.2, 0.25) is 0 Å². The van der Waals surface area contributed by atoms with Crippen molar-refractivity contribution in [3.63, 3.8) is 0 Å². The first-order valence-electron chi connectivity index (χ1n) is 12.5. The molecular formula is C31H22Br2ClN3O4. The van der Waals surface area contributed by atoms with E-state index < -0.39 is 11.9 Å². The molecule has 5 rings (SSSR count). The molecule has 0 aliphatic heterocycles. The molecule has 10 heteroatoms. The van der Waals surface area contributed by atoms with E-state index in [9.17, 15) is 9.59 Å². The van der Waals surface area contributed by atoms with Gasteiger partial charge in [0, 0.05) is 31.5 Å². The number of ether oxygens (including phenoxy) is 2. The van der Waals surface area contributed by atoms with Gasteiger partial charge < -0.3 is 14.5 Å². The van der Waals surface area contributed by atoms with Crippen LogP contribution in [0.3, 0.4) is 0 Å². The van der Waals surface area contributed by atoms with Crippen LogP contribution in [0.5, 0.6) is 11.5 Å². The zero-order chi connectivity index (χ0) is 28.9. The zero-order valence-electron chi connectivity index (χ0n) is 21.6. The van der Waals surface area contributed by atoms with Gasteiger partial charge in [-0.15, -0.1) is 0 Å². The molecule has 0 aliphatic rings. The molecular weight excluding hydrogens is 674 g/mol. The summed E-state index contributed by atoms with van der Waals surface area (Å²) in [4.78, 5) is 29.4. The summed E-state index contributed by atoms with van der Waals surface area (Å²) in [6.07, 6.45) is 1.41. The van der Waals surface area contributed by atoms with Crippen molar-refractivity contribution < 1.29 is 19.1 Å². The molecule has 1 heterocycles. The minimum atomic E-state index is -0.569. The number of esters is 1. The topological polar surface area (TPSA) is 92.8 Å². The van der Waals surface area contributed by atoms with Crippen LogP contribution in [0.2, 0.25) is 5.02 Å². The average molecular weight is 696 g/mol. The van der Waals surface area contributed by atoms with E-state index in [0.29, 0.717) is 38.7 Å². The Morgan fingerprint density at radius 2 is 1.76 bits per heavy atom. The molecule has 1 aromatic heterocycles. The maximum atomic E-state index is 13.4. The molecule has 2 N–H and O–H groups in total. The van der Waals surface area contributed by atoms with Gasteiger partial charge in [-0.1, -0.05) is 57.9 Å². The lowest BCUT2D eigenvalue weighted by Gasteiger charge is -2.11. The molecule has 7 nitrogen and oxygen atoms in total. The second-order valence-corrected chi connectivity index (χ2v) is 11.0. The number of H-pyrrole nitrogens is 1. The van der Waals surface area contributed by atoms with Gasteiger partial charge in [0.1, 0.15) is 11.4 Å². The number of amides is 1. The normalized spacial score (nSPS) is 11.1. The first kappa shape index (κ1) is 28.6. The number of nitrogens with one attached hydrogen (secondary N) is 2. The third-order valence-corrected chi connectivity index (χ3v) is 7.35. The van der Waals surface area contributed by atoms with Crippen LogP contribution in [0.1, 0.15) is 33.3 Å². The van der Waals surface area contributed by atoms with Crippen LogP contribution in [0, 0.1) is 0 Å². The molecule has 41 heavy (non-hydrogen) atoms. The monoisotopic (exact) mass is 693 g/mol. The highest BCUT2D eigenvalue weighted by Gasteiger charge is 2.20. The number of aromatic nitrogens is 1. The zero-order valence-corrected chi connectivity index (χ0v) is 25.5. The molecule has 4 aromatic carbocycles. The van der Waals surface area contributed by atoms with Crippen molar-refractivity contribution in [2.24, 2.45) is 5.10 Å². The molecule has 0 spiro atoms. The summed E-state index contributed by atoms with van der Waals surface area (Å²) in [5, 5.41) is 5.54. The Kier molecular flexibility index (Phi) is 8.87. The fraction of sp³-hybridized carbons (Fsp3) is 0.0645. The van der Waals surface area contributed by atoms with Crippen LogP contribution < -0.4 is 14.9 Å². The van der Waals surface area contributed by atoms with Crippen molar-refractivity contribution in [1.29, 1.82) is 0 Å². The Morgan fingerprint density at radius 1 is 1.00 bits per heavy atom. The SMILES string of the molecule is CCOc1ccc2[nH]c(C(=O)NN=Cc3cc(Br)cc(Br)c3OC(=O)c3ccc(Cl)cc3)c(-c3ccccc3)c2c1. The summed E-state index contributed by atoms with van der Waals surface area (Å²) >= 11 is 12.8. The van der Waals surface area contributed by atoms with Gasteiger partial charge in [0.05, 0.1) is 22.9 Å². The molecule has 206 valence electrons. The number of hydrogen-bond acceptors (Lipinski definition) is 5. The molecule has 5 aromatic rings. The Bertz CT molecular complexity index is 1770. The van der Waals surface area contributed by atoms with E-state index in [-0.39, 0.29) is 5.75 Å². The summed E-state index contributed by atoms with van der Waals surface area (Å²) in [6, 6.07) is 25.1. The van der Waals surface area contributed by atoms with Crippen molar-refractivity contribution in [2.45, 2.75) is 6.92 Å². The number of halogens is 3. The molecule has 0 fully saturated rings. The van der Waals surface area contributed by atoms with E-state index in [4.69, 9.17) is 21.1 Å². The molecule has 0 radical (unpaired) electrons. The summed E-state index contributed by atoms with van der Waals surface area (Å²) in [6.45, 7) is 2.45. The molecule has 0 aliphatic carbocycles. The van der Waals surface area contributed by atoms with E-state index in [1.165, 1.54) is 6.21 Å². The van der Waals surface area contributed by atoms with Gasteiger partial charge >= 0.3 is 5.97 Å². The van der Waals surface area contributed by atoms with Crippen LogP contribution in [0.4, 0.5) is 0 Å². The van der Waals surface area contributed by atoms with Crippen molar-refractivity contribution in [2.75, 3.05) is 6.61 Å². The highest BCUT2D eigenvalue weighted by Crippen LogP contribution is 2.35. The van der Waals surface area contributed by atoms with Crippen LogP contribution in [-0.2, 0) is 0 Å². The van der Waals surface area contributed by atoms with Gasteiger partial charge in [-0.2, -0.15) is 5.10 Å². The number of nitrogens with zero attached hydrogens (tertiary/aromatic N) is 1. The fourth-order valence-corrected chi connectivity index (χ4v) is 5.71. The van der Waals surface area contributed by atoms with Crippen LogP contribution in [0.15, 0.2) is 99.0 Å². The van der Waals surface area contributed by atoms with Gasteiger partial charge in [-0.25, -0.2) is 10.2 Å². The van der Waals surface area contributed by atoms with E-state index in [2.05, 4.69) is 47.4 Å². The number of carbonyl (C=O) groups excluding carboxylic acids is 2. The highest BCUT2D eigenvalue weighted by atomic mass is 79.9. The second kappa shape index (κ2) is 12.7. The maximum absolute atomic E-state index is 13.4. The Morgan fingerprint density at radius 3 is 2.49 bits per heavy atom. The molecule has 0 bridgehead atoms. The number of hydrogen-bond donors (Lipinski definition) is 2. The van der Waals surface area contributed by atoms with E-state index in [1.807, 2.05) is 55.5 Å². The number of carbonyl (C=O) groups is 2. The molecule has 0 saturated carbocycles. The summed E-state index contributed by atoms with van der Waals surface area (Å²) in [5.41, 5.74) is 6.12. The Hall–Kier alpha value is -3.92. The number of fused-ring (bicyclic) bond motifs is 1. The smallest absolute Gasteiger partial charge is 0.343 e. The predicted octanol–water partition coefficient (Wildman–Crippen LogP) is 8.40. The summed E-state index contributed by atoms with van der Waals surface area (Å²) in [5.74, 6) is -0.0596. The number of aromatic amines is 1. The van der Waals surface area contributed by atoms with Crippen LogP contribution in [0.25, 0.3) is 22.0 Å². The van der Waals surface area contributed by atoms with E-state index in [0.717, 1.165) is 26.5 Å². The van der Waals surface area contributed by atoms with Crippen LogP contribution in [-0.4, -0.2) is 29.7 Å². The van der Waals surface area contributed by atoms with Crippen molar-refractivity contribution in [3.05, 3.63) is 116 Å². The summed E-state index contributed by atoms with van der Waals surface area (Å²) in [7, 11) is 0. The van der Waals surface area contributed by atoms with Gasteiger partial charge in [-0.3, -0.25) is 4.79 Å². The quantitative estimate of drug-likeness (QED) is 0.0739. The first-order chi connectivity index (χ1) is 19.8. The van der Waals surface area contributed by atoms with E-state index >= 15 is 0 Å². The van der Waals surface area contributed by atoms with Gasteiger partial charge in [0.15, 0.2) is 5.75 Å². The predicted molar refractivity (Wildman–Crippen MR) is 168 cm³/mol. The standard InChI is InChI=1S/C31H22Br2ClN3O4/c1-2-40-23-12-13-26-24(16-23)27(18-6-4-3-5-7-18)28(36-26)30(38)37-35-17-20-14-21(32)15-25(33)29(20)41-31(39)19-8-10-22(34)11-9-19/h3-17,36H,2H2,1H3,(H,37,38). The minimum absolute atomic E-state index is 0.241. The van der Waals surface area contributed by atoms with Crippen molar-refractivity contribution >= 4 is 72.5 Å². The second-order valence-electron chi connectivity index (χ2n) is 8.78. The first-order valence-corrected chi connectivity index (χ1v) is 14.4.